The first-order chi connectivity index (χ1) is 7.33. The van der Waals surface area contributed by atoms with E-state index < -0.39 is 0 Å². The van der Waals surface area contributed by atoms with Gasteiger partial charge in [0.05, 0.1) is 0 Å². The van der Waals surface area contributed by atoms with E-state index >= 15 is 0 Å². The van der Waals surface area contributed by atoms with E-state index in [0.717, 1.165) is 18.7 Å². The lowest BCUT2D eigenvalue weighted by Gasteiger charge is -2.27. The Morgan fingerprint density at radius 3 is 2.93 bits per heavy atom. The van der Waals surface area contributed by atoms with Crippen LogP contribution in [-0.4, -0.2) is 17.7 Å². The molecule has 0 amide bonds. The predicted octanol–water partition coefficient (Wildman–Crippen LogP) is 2.00. The molecule has 0 bridgehead atoms. The van der Waals surface area contributed by atoms with Crippen molar-refractivity contribution in [2.75, 3.05) is 11.9 Å². The molecule has 1 fully saturated rings. The number of rotatable bonds is 2. The van der Waals surface area contributed by atoms with Gasteiger partial charge in [0.15, 0.2) is 0 Å². The summed E-state index contributed by atoms with van der Waals surface area (Å²) in [5.74, 6) is 0.361. The number of phenols is 1. The number of nitrogens with one attached hydrogen (secondary N) is 2. The zero-order valence-corrected chi connectivity index (χ0v) is 8.66. The number of anilines is 1. The molecule has 0 aromatic heterocycles. The van der Waals surface area contributed by atoms with Crippen molar-refractivity contribution in [3.63, 3.8) is 0 Å². The molecule has 0 radical (unpaired) electrons. The molecule has 1 heterocycles. The summed E-state index contributed by atoms with van der Waals surface area (Å²) in [7, 11) is 0. The molecule has 15 heavy (non-hydrogen) atoms. The first-order valence-electron chi connectivity index (χ1n) is 5.66. The fraction of sp³-hybridized carbons (Fsp3) is 0.500. The van der Waals surface area contributed by atoms with Crippen LogP contribution in [0.3, 0.4) is 0 Å². The van der Waals surface area contributed by atoms with Crippen LogP contribution in [0.25, 0.3) is 0 Å². The first-order valence-corrected chi connectivity index (χ1v) is 5.66. The maximum Gasteiger partial charge on any atom is 0.116 e. The molecule has 1 unspecified atom stereocenters. The molecular weight excluding hydrogens is 188 g/mol. The van der Waals surface area contributed by atoms with E-state index in [1.54, 1.807) is 6.07 Å². The number of fused-ring (bicyclic) bond motifs is 1. The molecule has 2 aliphatic rings. The molecule has 1 aliphatic heterocycles. The number of hydrogen-bond acceptors (Lipinski definition) is 3. The van der Waals surface area contributed by atoms with Crippen LogP contribution in [0.4, 0.5) is 5.69 Å². The Labute approximate surface area is 89.5 Å². The Kier molecular flexibility index (Phi) is 2.06. The SMILES string of the molecule is Oc1ccc2c(c1)C(NC1CC1)CCN2. The molecule has 1 aromatic carbocycles. The second kappa shape index (κ2) is 3.42. The molecule has 1 atom stereocenters. The van der Waals surface area contributed by atoms with Gasteiger partial charge in [-0.05, 0) is 43.0 Å². The van der Waals surface area contributed by atoms with E-state index in [4.69, 9.17) is 0 Å². The fourth-order valence-corrected chi connectivity index (χ4v) is 2.21. The van der Waals surface area contributed by atoms with Crippen molar-refractivity contribution in [2.24, 2.45) is 0 Å². The molecule has 1 aromatic rings. The number of aromatic hydroxyl groups is 1. The Morgan fingerprint density at radius 2 is 2.13 bits per heavy atom. The van der Waals surface area contributed by atoms with E-state index in [1.807, 2.05) is 12.1 Å². The van der Waals surface area contributed by atoms with Gasteiger partial charge in [-0.25, -0.2) is 0 Å². The van der Waals surface area contributed by atoms with Crippen LogP contribution in [0, 0.1) is 0 Å². The third kappa shape index (κ3) is 1.79. The molecule has 0 saturated heterocycles. The largest absolute Gasteiger partial charge is 0.508 e. The van der Waals surface area contributed by atoms with Gasteiger partial charge in [0.2, 0.25) is 0 Å². The summed E-state index contributed by atoms with van der Waals surface area (Å²) < 4.78 is 0. The van der Waals surface area contributed by atoms with E-state index in [2.05, 4.69) is 10.6 Å². The summed E-state index contributed by atoms with van der Waals surface area (Å²) in [6, 6.07) is 6.71. The smallest absolute Gasteiger partial charge is 0.116 e. The average Bonchev–Trinajstić information content (AvgIpc) is 3.03. The minimum absolute atomic E-state index is 0.361. The maximum absolute atomic E-state index is 9.50. The molecule has 3 rings (SSSR count). The van der Waals surface area contributed by atoms with Gasteiger partial charge in [0.1, 0.15) is 5.75 Å². The summed E-state index contributed by atoms with van der Waals surface area (Å²) in [5.41, 5.74) is 2.38. The molecule has 0 spiro atoms. The third-order valence-corrected chi connectivity index (χ3v) is 3.17. The molecule has 3 heteroatoms. The molecule has 1 saturated carbocycles. The second-order valence-electron chi connectivity index (χ2n) is 4.48. The second-order valence-corrected chi connectivity index (χ2v) is 4.48. The number of hydrogen-bond donors (Lipinski definition) is 3. The van der Waals surface area contributed by atoms with Crippen molar-refractivity contribution in [3.8, 4) is 5.75 Å². The lowest BCUT2D eigenvalue weighted by atomic mass is 9.97. The van der Waals surface area contributed by atoms with Gasteiger partial charge in [-0.15, -0.1) is 0 Å². The lowest BCUT2D eigenvalue weighted by Crippen LogP contribution is -2.29. The van der Waals surface area contributed by atoms with E-state index in [1.165, 1.54) is 18.4 Å². The Balaban J connectivity index is 1.89. The van der Waals surface area contributed by atoms with Gasteiger partial charge in [-0.1, -0.05) is 0 Å². The van der Waals surface area contributed by atoms with Gasteiger partial charge in [-0.2, -0.15) is 0 Å². The third-order valence-electron chi connectivity index (χ3n) is 3.17. The van der Waals surface area contributed by atoms with Crippen LogP contribution in [0.2, 0.25) is 0 Å². The highest BCUT2D eigenvalue weighted by atomic mass is 16.3. The summed E-state index contributed by atoms with van der Waals surface area (Å²) in [5, 5.41) is 16.5. The highest BCUT2D eigenvalue weighted by molar-refractivity contribution is 5.57. The van der Waals surface area contributed by atoms with Crippen LogP contribution in [0.1, 0.15) is 30.9 Å². The van der Waals surface area contributed by atoms with Gasteiger partial charge in [-0.3, -0.25) is 0 Å². The summed E-state index contributed by atoms with van der Waals surface area (Å²) >= 11 is 0. The van der Waals surface area contributed by atoms with Crippen molar-refractivity contribution in [3.05, 3.63) is 23.8 Å². The zero-order valence-electron chi connectivity index (χ0n) is 8.66. The van der Waals surface area contributed by atoms with Crippen molar-refractivity contribution in [1.29, 1.82) is 0 Å². The van der Waals surface area contributed by atoms with Crippen LogP contribution in [-0.2, 0) is 0 Å². The normalized spacial score (nSPS) is 24.4. The predicted molar refractivity (Wildman–Crippen MR) is 60.1 cm³/mol. The molecule has 80 valence electrons. The number of phenolic OH excluding ortho intramolecular Hbond substituents is 1. The van der Waals surface area contributed by atoms with E-state index in [0.29, 0.717) is 17.8 Å². The Bertz CT molecular complexity index is 374. The molecular formula is C12H16N2O. The topological polar surface area (TPSA) is 44.3 Å². The number of benzene rings is 1. The Hall–Kier alpha value is -1.22. The van der Waals surface area contributed by atoms with Crippen LogP contribution in [0.5, 0.6) is 5.75 Å². The van der Waals surface area contributed by atoms with Gasteiger partial charge >= 0.3 is 0 Å². The Morgan fingerprint density at radius 1 is 1.27 bits per heavy atom. The van der Waals surface area contributed by atoms with Gasteiger partial charge in [0.25, 0.3) is 0 Å². The average molecular weight is 204 g/mol. The van der Waals surface area contributed by atoms with Gasteiger partial charge < -0.3 is 15.7 Å². The first kappa shape index (κ1) is 9.04. The molecule has 3 N–H and O–H groups in total. The lowest BCUT2D eigenvalue weighted by molar-refractivity contribution is 0.465. The monoisotopic (exact) mass is 204 g/mol. The summed E-state index contributed by atoms with van der Waals surface area (Å²) in [4.78, 5) is 0. The van der Waals surface area contributed by atoms with Crippen molar-refractivity contribution in [1.82, 2.24) is 5.32 Å². The van der Waals surface area contributed by atoms with E-state index in [9.17, 15) is 5.11 Å². The van der Waals surface area contributed by atoms with E-state index in [-0.39, 0.29) is 0 Å². The van der Waals surface area contributed by atoms with Gasteiger partial charge in [0, 0.05) is 24.3 Å². The minimum atomic E-state index is 0.361. The highest BCUT2D eigenvalue weighted by Crippen LogP contribution is 2.34. The quantitative estimate of drug-likeness (QED) is 0.646. The standard InChI is InChI=1S/C12H16N2O/c15-9-3-4-11-10(7-9)12(5-6-13-11)14-8-1-2-8/h3-4,7-8,12-15H,1-2,5-6H2. The molecule has 3 nitrogen and oxygen atoms in total. The fourth-order valence-electron chi connectivity index (χ4n) is 2.21. The zero-order chi connectivity index (χ0) is 10.3. The maximum atomic E-state index is 9.50. The highest BCUT2D eigenvalue weighted by Gasteiger charge is 2.28. The van der Waals surface area contributed by atoms with Crippen molar-refractivity contribution < 1.29 is 5.11 Å². The van der Waals surface area contributed by atoms with Crippen LogP contribution >= 0.6 is 0 Å². The van der Waals surface area contributed by atoms with Crippen molar-refractivity contribution in [2.45, 2.75) is 31.3 Å². The minimum Gasteiger partial charge on any atom is -0.508 e. The van der Waals surface area contributed by atoms with Crippen LogP contribution in [0.15, 0.2) is 18.2 Å². The summed E-state index contributed by atoms with van der Waals surface area (Å²) in [6.45, 7) is 1.02. The summed E-state index contributed by atoms with van der Waals surface area (Å²) in [6.07, 6.45) is 3.71. The van der Waals surface area contributed by atoms with Crippen LogP contribution < -0.4 is 10.6 Å². The van der Waals surface area contributed by atoms with Crippen molar-refractivity contribution >= 4 is 5.69 Å². The molecule has 1 aliphatic carbocycles.